The van der Waals surface area contributed by atoms with Crippen LogP contribution in [0.2, 0.25) is 0 Å². The van der Waals surface area contributed by atoms with Gasteiger partial charge in [-0.2, -0.15) is 0 Å². The van der Waals surface area contributed by atoms with Crippen molar-refractivity contribution < 1.29 is 0 Å². The van der Waals surface area contributed by atoms with Gasteiger partial charge in [0.1, 0.15) is 0 Å². The van der Waals surface area contributed by atoms with E-state index in [9.17, 15) is 0 Å². The van der Waals surface area contributed by atoms with Gasteiger partial charge < -0.3 is 10.1 Å². The molecule has 3 rings (SSSR count). The van der Waals surface area contributed by atoms with Crippen LogP contribution in [-0.2, 0) is 6.54 Å². The van der Waals surface area contributed by atoms with Crippen LogP contribution in [0.3, 0.4) is 0 Å². The number of pyridine rings is 1. The lowest BCUT2D eigenvalue weighted by Gasteiger charge is -2.01. The van der Waals surface area contributed by atoms with Crippen LogP contribution in [0.15, 0.2) is 43.0 Å². The van der Waals surface area contributed by atoms with E-state index in [-0.39, 0.29) is 0 Å². The SMILES string of the molecule is Cc1c(-c2cccnc2)cc2cc(CN)ncn12. The van der Waals surface area contributed by atoms with Crippen molar-refractivity contribution in [3.8, 4) is 11.1 Å². The Kier molecular flexibility index (Phi) is 2.57. The molecule has 0 aromatic carbocycles. The maximum absolute atomic E-state index is 5.62. The third kappa shape index (κ3) is 1.67. The second kappa shape index (κ2) is 4.23. The first-order chi connectivity index (χ1) is 8.79. The van der Waals surface area contributed by atoms with Crippen LogP contribution in [-0.4, -0.2) is 14.4 Å². The summed E-state index contributed by atoms with van der Waals surface area (Å²) in [6, 6.07) is 8.17. The van der Waals surface area contributed by atoms with Gasteiger partial charge in [-0.3, -0.25) is 4.98 Å². The van der Waals surface area contributed by atoms with Crippen LogP contribution in [0.25, 0.3) is 16.6 Å². The van der Waals surface area contributed by atoms with Crippen molar-refractivity contribution in [3.63, 3.8) is 0 Å². The summed E-state index contributed by atoms with van der Waals surface area (Å²) in [6.45, 7) is 2.54. The smallest absolute Gasteiger partial charge is 0.0996 e. The van der Waals surface area contributed by atoms with E-state index in [4.69, 9.17) is 5.73 Å². The molecule has 4 nitrogen and oxygen atoms in total. The van der Waals surface area contributed by atoms with Gasteiger partial charge in [-0.1, -0.05) is 6.07 Å². The van der Waals surface area contributed by atoms with Gasteiger partial charge in [-0.05, 0) is 25.1 Å². The van der Waals surface area contributed by atoms with Gasteiger partial charge >= 0.3 is 0 Å². The minimum atomic E-state index is 0.461. The quantitative estimate of drug-likeness (QED) is 0.744. The molecule has 0 unspecified atom stereocenters. The summed E-state index contributed by atoms with van der Waals surface area (Å²) < 4.78 is 2.07. The predicted molar refractivity (Wildman–Crippen MR) is 71.1 cm³/mol. The minimum Gasteiger partial charge on any atom is -0.325 e. The molecule has 4 heteroatoms. The average Bonchev–Trinajstić information content (AvgIpc) is 2.76. The van der Waals surface area contributed by atoms with E-state index in [1.807, 2.05) is 24.7 Å². The second-order valence-electron chi connectivity index (χ2n) is 4.26. The molecule has 0 fully saturated rings. The number of aryl methyl sites for hydroxylation is 1. The average molecular weight is 238 g/mol. The monoisotopic (exact) mass is 238 g/mol. The minimum absolute atomic E-state index is 0.461. The normalized spacial score (nSPS) is 11.0. The summed E-state index contributed by atoms with van der Waals surface area (Å²) in [5, 5.41) is 0. The third-order valence-corrected chi connectivity index (χ3v) is 3.16. The van der Waals surface area contributed by atoms with Gasteiger partial charge in [0.25, 0.3) is 0 Å². The lowest BCUT2D eigenvalue weighted by atomic mass is 10.1. The van der Waals surface area contributed by atoms with Crippen molar-refractivity contribution in [3.05, 3.63) is 54.4 Å². The Morgan fingerprint density at radius 3 is 2.94 bits per heavy atom. The zero-order valence-electron chi connectivity index (χ0n) is 10.2. The number of nitrogens with two attached hydrogens (primary N) is 1. The highest BCUT2D eigenvalue weighted by atomic mass is 15.0. The maximum Gasteiger partial charge on any atom is 0.0996 e. The van der Waals surface area contributed by atoms with Crippen molar-refractivity contribution in [1.82, 2.24) is 14.4 Å². The molecule has 2 N–H and O–H groups in total. The van der Waals surface area contributed by atoms with Gasteiger partial charge in [0.2, 0.25) is 0 Å². The molecular weight excluding hydrogens is 224 g/mol. The number of aromatic nitrogens is 3. The fourth-order valence-corrected chi connectivity index (χ4v) is 2.18. The zero-order valence-corrected chi connectivity index (χ0v) is 10.2. The summed E-state index contributed by atoms with van der Waals surface area (Å²) in [6.07, 6.45) is 5.48. The van der Waals surface area contributed by atoms with Gasteiger partial charge in [-0.25, -0.2) is 4.98 Å². The molecule has 0 saturated heterocycles. The molecule has 0 aliphatic heterocycles. The topological polar surface area (TPSA) is 56.2 Å². The van der Waals surface area contributed by atoms with E-state index in [1.54, 1.807) is 6.20 Å². The highest BCUT2D eigenvalue weighted by Crippen LogP contribution is 2.26. The Hall–Kier alpha value is -2.20. The molecule has 18 heavy (non-hydrogen) atoms. The summed E-state index contributed by atoms with van der Waals surface area (Å²) in [5.41, 5.74) is 11.1. The second-order valence-corrected chi connectivity index (χ2v) is 4.26. The van der Waals surface area contributed by atoms with Crippen molar-refractivity contribution in [2.24, 2.45) is 5.73 Å². The van der Waals surface area contributed by atoms with Gasteiger partial charge in [0.15, 0.2) is 0 Å². The highest BCUT2D eigenvalue weighted by Gasteiger charge is 2.08. The molecule has 3 heterocycles. The van der Waals surface area contributed by atoms with Crippen LogP contribution in [0, 0.1) is 6.92 Å². The number of hydrogen-bond acceptors (Lipinski definition) is 3. The maximum atomic E-state index is 5.62. The lowest BCUT2D eigenvalue weighted by Crippen LogP contribution is -2.01. The summed E-state index contributed by atoms with van der Waals surface area (Å²) in [7, 11) is 0. The van der Waals surface area contributed by atoms with Crippen molar-refractivity contribution in [1.29, 1.82) is 0 Å². The molecule has 0 amide bonds. The highest BCUT2D eigenvalue weighted by molar-refractivity contribution is 5.73. The Morgan fingerprint density at radius 1 is 1.33 bits per heavy atom. The van der Waals surface area contributed by atoms with E-state index in [0.29, 0.717) is 6.54 Å². The Labute approximate surface area is 105 Å². The van der Waals surface area contributed by atoms with Crippen LogP contribution in [0.1, 0.15) is 11.4 Å². The molecule has 0 aliphatic carbocycles. The van der Waals surface area contributed by atoms with Crippen molar-refractivity contribution in [2.75, 3.05) is 0 Å². The van der Waals surface area contributed by atoms with Crippen LogP contribution >= 0.6 is 0 Å². The molecule has 90 valence electrons. The molecule has 0 radical (unpaired) electrons. The molecule has 0 saturated carbocycles. The molecule has 0 aliphatic rings. The van der Waals surface area contributed by atoms with Gasteiger partial charge in [0, 0.05) is 41.3 Å². The number of nitrogens with zero attached hydrogens (tertiary/aromatic N) is 3. The zero-order chi connectivity index (χ0) is 12.5. The standard InChI is InChI=1S/C14H14N4/c1-10-14(11-3-2-4-16-8-11)6-13-5-12(7-15)17-9-18(10)13/h2-6,8-9H,7,15H2,1H3. The molecule has 0 spiro atoms. The van der Waals surface area contributed by atoms with Crippen LogP contribution < -0.4 is 5.73 Å². The van der Waals surface area contributed by atoms with Crippen molar-refractivity contribution >= 4 is 5.52 Å². The Morgan fingerprint density at radius 2 is 2.22 bits per heavy atom. The molecule has 0 atom stereocenters. The first-order valence-corrected chi connectivity index (χ1v) is 5.86. The summed E-state index contributed by atoms with van der Waals surface area (Å²) in [4.78, 5) is 8.48. The lowest BCUT2D eigenvalue weighted by molar-refractivity contribution is 0.941. The van der Waals surface area contributed by atoms with E-state index >= 15 is 0 Å². The molecule has 3 aromatic heterocycles. The van der Waals surface area contributed by atoms with Crippen LogP contribution in [0.4, 0.5) is 0 Å². The molecule has 3 aromatic rings. The fraction of sp³-hybridized carbons (Fsp3) is 0.143. The Balaban J connectivity index is 2.23. The summed E-state index contributed by atoms with van der Waals surface area (Å²) in [5.74, 6) is 0. The van der Waals surface area contributed by atoms with E-state index in [1.165, 1.54) is 5.56 Å². The number of fused-ring (bicyclic) bond motifs is 1. The first-order valence-electron chi connectivity index (χ1n) is 5.86. The third-order valence-electron chi connectivity index (χ3n) is 3.16. The van der Waals surface area contributed by atoms with Gasteiger partial charge in [-0.15, -0.1) is 0 Å². The van der Waals surface area contributed by atoms with Crippen LogP contribution in [0.5, 0.6) is 0 Å². The number of rotatable bonds is 2. The Bertz CT molecular complexity index is 686. The predicted octanol–water partition coefficient (Wildman–Crippen LogP) is 2.16. The molecular formula is C14H14N4. The van der Waals surface area contributed by atoms with E-state index < -0.39 is 0 Å². The van der Waals surface area contributed by atoms with Gasteiger partial charge in [0.05, 0.1) is 12.0 Å². The molecule has 0 bridgehead atoms. The fourth-order valence-electron chi connectivity index (χ4n) is 2.18. The number of hydrogen-bond donors (Lipinski definition) is 1. The van der Waals surface area contributed by atoms with E-state index in [2.05, 4.69) is 33.4 Å². The summed E-state index contributed by atoms with van der Waals surface area (Å²) >= 11 is 0. The largest absolute Gasteiger partial charge is 0.325 e. The first kappa shape index (κ1) is 10.9. The van der Waals surface area contributed by atoms with Crippen molar-refractivity contribution in [2.45, 2.75) is 13.5 Å². The van der Waals surface area contributed by atoms with E-state index in [0.717, 1.165) is 22.5 Å².